The van der Waals surface area contributed by atoms with E-state index < -0.39 is 0 Å². The van der Waals surface area contributed by atoms with Crippen LogP contribution in [0.4, 0.5) is 3.89 Å². The Kier molecular flexibility index (Phi) is 7.23. The third-order valence-electron chi connectivity index (χ3n) is 5.36. The molecule has 0 bridgehead atoms. The average Bonchev–Trinajstić information content (AvgIpc) is 3.39. The number of hydrogen-bond acceptors (Lipinski definition) is 6. The van der Waals surface area contributed by atoms with E-state index in [-0.39, 0.29) is 35.8 Å². The number of benzene rings is 1. The summed E-state index contributed by atoms with van der Waals surface area (Å²) in [5, 5.41) is 12.6. The van der Waals surface area contributed by atoms with Gasteiger partial charge in [-0.05, 0) is 26.0 Å². The van der Waals surface area contributed by atoms with Gasteiger partial charge in [-0.1, -0.05) is 17.7 Å². The lowest BCUT2D eigenvalue weighted by atomic mass is 10.0. The highest BCUT2D eigenvalue weighted by atomic mass is 35.5. The van der Waals surface area contributed by atoms with Crippen LogP contribution in [0, 0.1) is 17.2 Å². The molecule has 0 spiro atoms. The first kappa shape index (κ1) is 24.5. The standard InChI is InChI=1S/C18H15ClFN5OS.C5H6N2O/c1-9(2)23-18(26)13-8-25(27-20)17-16(13)24-15(7-22-17)12-6-21-14-5-10(19)3-4-11(12)14;6-1-5-2-7(3-5)4-8/h3-9,21H,1-2H3,(H,23,26);4-5H,2-3H2. The number of aromatic amines is 1. The molecule has 0 atom stereocenters. The van der Waals surface area contributed by atoms with Crippen LogP contribution in [0.15, 0.2) is 36.8 Å². The van der Waals surface area contributed by atoms with Crippen molar-refractivity contribution in [2.75, 3.05) is 13.1 Å². The number of nitriles is 1. The second-order valence-corrected chi connectivity index (χ2v) is 9.24. The van der Waals surface area contributed by atoms with Crippen molar-refractivity contribution in [1.29, 1.82) is 5.26 Å². The lowest BCUT2D eigenvalue weighted by Gasteiger charge is -2.31. The van der Waals surface area contributed by atoms with Crippen molar-refractivity contribution >= 4 is 58.3 Å². The molecule has 180 valence electrons. The molecule has 1 saturated heterocycles. The summed E-state index contributed by atoms with van der Waals surface area (Å²) >= 11 is 6.01. The topological polar surface area (TPSA) is 120 Å². The minimum absolute atomic E-state index is 0.0238. The molecule has 1 fully saturated rings. The first-order chi connectivity index (χ1) is 16.8. The van der Waals surface area contributed by atoms with Crippen molar-refractivity contribution in [1.82, 2.24) is 29.1 Å². The van der Waals surface area contributed by atoms with Crippen molar-refractivity contribution in [2.45, 2.75) is 19.9 Å². The van der Waals surface area contributed by atoms with Gasteiger partial charge in [-0.25, -0.2) is 13.9 Å². The molecule has 0 unspecified atom stereocenters. The van der Waals surface area contributed by atoms with E-state index >= 15 is 0 Å². The van der Waals surface area contributed by atoms with Crippen molar-refractivity contribution < 1.29 is 13.5 Å². The number of nitrogens with one attached hydrogen (secondary N) is 2. The normalized spacial score (nSPS) is 13.3. The number of carbonyl (C=O) groups is 2. The molecule has 2 amide bonds. The molecule has 2 N–H and O–H groups in total. The van der Waals surface area contributed by atoms with Crippen molar-refractivity contribution in [2.24, 2.45) is 5.92 Å². The maximum absolute atomic E-state index is 13.3. The first-order valence-corrected chi connectivity index (χ1v) is 11.7. The summed E-state index contributed by atoms with van der Waals surface area (Å²) in [5.41, 5.74) is 3.19. The largest absolute Gasteiger partial charge is 0.360 e. The van der Waals surface area contributed by atoms with E-state index in [1.807, 2.05) is 32.2 Å². The number of carbonyl (C=O) groups excluding carboxylic acids is 2. The number of rotatable bonds is 5. The molecular weight excluding hydrogens is 493 g/mol. The van der Waals surface area contributed by atoms with E-state index in [4.69, 9.17) is 16.9 Å². The number of fused-ring (bicyclic) bond motifs is 2. The fourth-order valence-corrected chi connectivity index (χ4v) is 4.16. The summed E-state index contributed by atoms with van der Waals surface area (Å²) in [6.07, 6.45) is 5.56. The second kappa shape index (κ2) is 10.3. The van der Waals surface area contributed by atoms with Crippen LogP contribution in [-0.2, 0) is 4.79 Å². The minimum Gasteiger partial charge on any atom is -0.360 e. The number of hydrogen-bond donors (Lipinski definition) is 2. The molecule has 5 rings (SSSR count). The van der Waals surface area contributed by atoms with Crippen molar-refractivity contribution in [3.8, 4) is 17.3 Å². The minimum atomic E-state index is -0.319. The maximum Gasteiger partial charge on any atom is 0.255 e. The molecule has 0 aliphatic carbocycles. The SMILES string of the molecule is CC(C)NC(=O)c1cn(SF)c2ncc(-c3c[nH]c4cc(Cl)ccc34)nc12.N#CC1CN(C=O)C1. The molecule has 1 aliphatic rings. The van der Waals surface area contributed by atoms with Crippen molar-refractivity contribution in [3.63, 3.8) is 0 Å². The van der Waals surface area contributed by atoms with Gasteiger partial charge in [0.15, 0.2) is 18.0 Å². The number of nitrogens with zero attached hydrogens (tertiary/aromatic N) is 5. The number of aromatic nitrogens is 4. The summed E-state index contributed by atoms with van der Waals surface area (Å²) in [7, 11) is 0. The molecule has 1 aliphatic heterocycles. The molecule has 0 saturated carbocycles. The second-order valence-electron chi connectivity index (χ2n) is 8.27. The molecule has 1 aromatic carbocycles. The van der Waals surface area contributed by atoms with Gasteiger partial charge in [0, 0.05) is 53.0 Å². The molecule has 9 nitrogen and oxygen atoms in total. The lowest BCUT2D eigenvalue weighted by Crippen LogP contribution is -2.44. The highest BCUT2D eigenvalue weighted by molar-refractivity contribution is 7.92. The summed E-state index contributed by atoms with van der Waals surface area (Å²) < 4.78 is 14.5. The van der Waals surface area contributed by atoms with Crippen molar-refractivity contribution in [3.05, 3.63) is 47.4 Å². The number of likely N-dealkylation sites (tertiary alicyclic amines) is 1. The molecule has 4 aromatic rings. The van der Waals surface area contributed by atoms with E-state index in [0.29, 0.717) is 35.0 Å². The van der Waals surface area contributed by atoms with Crippen LogP contribution < -0.4 is 5.32 Å². The predicted octanol–water partition coefficient (Wildman–Crippen LogP) is 4.35. The number of amides is 2. The highest BCUT2D eigenvalue weighted by Crippen LogP contribution is 2.31. The van der Waals surface area contributed by atoms with Crippen LogP contribution in [0.3, 0.4) is 0 Å². The molecule has 0 radical (unpaired) electrons. The number of H-pyrrole nitrogens is 1. The van der Waals surface area contributed by atoms with Gasteiger partial charge in [-0.2, -0.15) is 5.26 Å². The van der Waals surface area contributed by atoms with Crippen LogP contribution in [0.2, 0.25) is 5.02 Å². The Labute approximate surface area is 209 Å². The molecule has 35 heavy (non-hydrogen) atoms. The van der Waals surface area contributed by atoms with Crippen LogP contribution in [0.1, 0.15) is 24.2 Å². The van der Waals surface area contributed by atoms with E-state index in [0.717, 1.165) is 22.9 Å². The third-order valence-corrected chi connectivity index (χ3v) is 6.03. The molecule has 3 aromatic heterocycles. The smallest absolute Gasteiger partial charge is 0.255 e. The van der Waals surface area contributed by atoms with E-state index in [2.05, 4.69) is 26.3 Å². The van der Waals surface area contributed by atoms with Crippen LogP contribution >= 0.6 is 23.9 Å². The fourth-order valence-electron chi connectivity index (χ4n) is 3.64. The highest BCUT2D eigenvalue weighted by Gasteiger charge is 2.24. The molecule has 12 heteroatoms. The van der Waals surface area contributed by atoms with Gasteiger partial charge in [0.1, 0.15) is 5.52 Å². The van der Waals surface area contributed by atoms with E-state index in [1.54, 1.807) is 17.2 Å². The first-order valence-electron chi connectivity index (χ1n) is 10.7. The predicted molar refractivity (Wildman–Crippen MR) is 133 cm³/mol. The summed E-state index contributed by atoms with van der Waals surface area (Å²) in [6.45, 7) is 4.96. The summed E-state index contributed by atoms with van der Waals surface area (Å²) in [5.74, 6) is -0.222. The molecular formula is C23H21ClFN7O2S. The summed E-state index contributed by atoms with van der Waals surface area (Å²) in [6, 6.07) is 7.53. The zero-order valence-corrected chi connectivity index (χ0v) is 20.4. The van der Waals surface area contributed by atoms with Gasteiger partial charge < -0.3 is 15.2 Å². The van der Waals surface area contributed by atoms with Crippen LogP contribution in [-0.4, -0.2) is 55.3 Å². The Morgan fingerprint density at radius 3 is 2.86 bits per heavy atom. The summed E-state index contributed by atoms with van der Waals surface area (Å²) in [4.78, 5) is 36.0. The Bertz CT molecular complexity index is 1440. The zero-order chi connectivity index (χ0) is 25.1. The Hall–Kier alpha value is -3.62. The lowest BCUT2D eigenvalue weighted by molar-refractivity contribution is -0.122. The van der Waals surface area contributed by atoms with Gasteiger partial charge in [0.25, 0.3) is 5.91 Å². The van der Waals surface area contributed by atoms with E-state index in [1.165, 1.54) is 10.2 Å². The monoisotopic (exact) mass is 513 g/mol. The van der Waals surface area contributed by atoms with Gasteiger partial charge in [0.05, 0.1) is 29.4 Å². The fraction of sp³-hybridized carbons (Fsp3) is 0.261. The Morgan fingerprint density at radius 2 is 2.20 bits per heavy atom. The maximum atomic E-state index is 13.3. The molecule has 4 heterocycles. The average molecular weight is 514 g/mol. The van der Waals surface area contributed by atoms with Gasteiger partial charge in [-0.3, -0.25) is 9.59 Å². The van der Waals surface area contributed by atoms with Gasteiger partial charge >= 0.3 is 0 Å². The Balaban J connectivity index is 0.000000308. The van der Waals surface area contributed by atoms with Crippen LogP contribution in [0.5, 0.6) is 0 Å². The quantitative estimate of drug-likeness (QED) is 0.383. The number of halogens is 2. The van der Waals surface area contributed by atoms with Gasteiger partial charge in [-0.15, -0.1) is 3.89 Å². The zero-order valence-electron chi connectivity index (χ0n) is 18.8. The Morgan fingerprint density at radius 1 is 1.43 bits per heavy atom. The van der Waals surface area contributed by atoms with Crippen LogP contribution in [0.25, 0.3) is 33.3 Å². The van der Waals surface area contributed by atoms with Gasteiger partial charge in [0.2, 0.25) is 6.41 Å². The van der Waals surface area contributed by atoms with E-state index in [9.17, 15) is 13.5 Å². The third kappa shape index (κ3) is 5.08.